The Morgan fingerprint density at radius 3 is 2.67 bits per heavy atom. The molecule has 21 heavy (non-hydrogen) atoms. The molecule has 1 aromatic rings. The molecule has 6 nitrogen and oxygen atoms in total. The van der Waals surface area contributed by atoms with Gasteiger partial charge in [-0.1, -0.05) is 0 Å². The van der Waals surface area contributed by atoms with E-state index >= 15 is 0 Å². The summed E-state index contributed by atoms with van der Waals surface area (Å²) in [6.07, 6.45) is 0. The number of nitrogens with zero attached hydrogens (tertiary/aromatic N) is 1. The second-order valence-electron chi connectivity index (χ2n) is 4.84. The highest BCUT2D eigenvalue weighted by molar-refractivity contribution is 5.96. The number of nitrogens with two attached hydrogens (primary N) is 1. The van der Waals surface area contributed by atoms with Gasteiger partial charge in [-0.15, -0.1) is 0 Å². The first-order valence-electron chi connectivity index (χ1n) is 6.91. The Kier molecular flexibility index (Phi) is 6.98. The molecule has 6 heteroatoms. The molecule has 3 N–H and O–H groups in total. The van der Waals surface area contributed by atoms with Gasteiger partial charge in [-0.25, -0.2) is 0 Å². The monoisotopic (exact) mass is 295 g/mol. The predicted octanol–water partition coefficient (Wildman–Crippen LogP) is 1.12. The molecule has 0 aliphatic rings. The van der Waals surface area contributed by atoms with Gasteiger partial charge in [0.2, 0.25) is 0 Å². The fourth-order valence-electron chi connectivity index (χ4n) is 2.18. The fourth-order valence-corrected chi connectivity index (χ4v) is 2.18. The smallest absolute Gasteiger partial charge is 0.251 e. The zero-order valence-corrected chi connectivity index (χ0v) is 13.2. The maximum atomic E-state index is 11.8. The van der Waals surface area contributed by atoms with E-state index in [1.165, 1.54) is 0 Å². The van der Waals surface area contributed by atoms with Crippen molar-refractivity contribution in [2.24, 2.45) is 0 Å². The van der Waals surface area contributed by atoms with Crippen molar-refractivity contribution in [2.45, 2.75) is 13.0 Å². The van der Waals surface area contributed by atoms with Crippen LogP contribution in [0.2, 0.25) is 0 Å². The number of rotatable bonds is 8. The molecule has 118 valence electrons. The van der Waals surface area contributed by atoms with E-state index in [-0.39, 0.29) is 11.9 Å². The third-order valence-corrected chi connectivity index (χ3v) is 3.31. The van der Waals surface area contributed by atoms with Crippen LogP contribution in [0, 0.1) is 0 Å². The summed E-state index contributed by atoms with van der Waals surface area (Å²) < 4.78 is 10.4. The van der Waals surface area contributed by atoms with Gasteiger partial charge in [0.25, 0.3) is 5.91 Å². The number of methoxy groups -OCH3 is 2. The van der Waals surface area contributed by atoms with Crippen LogP contribution in [0.5, 0.6) is 0 Å². The Morgan fingerprint density at radius 2 is 2.10 bits per heavy atom. The van der Waals surface area contributed by atoms with Crippen LogP contribution in [-0.4, -0.2) is 53.0 Å². The molecule has 0 aromatic heterocycles. The minimum absolute atomic E-state index is 0.118. The number of benzene rings is 1. The van der Waals surface area contributed by atoms with E-state index in [0.717, 1.165) is 5.69 Å². The normalized spacial score (nSPS) is 12.0. The molecule has 1 amide bonds. The molecule has 0 aliphatic carbocycles. The van der Waals surface area contributed by atoms with Gasteiger partial charge < -0.3 is 25.4 Å². The van der Waals surface area contributed by atoms with Crippen molar-refractivity contribution in [1.82, 2.24) is 5.32 Å². The van der Waals surface area contributed by atoms with Crippen molar-refractivity contribution in [2.75, 3.05) is 51.7 Å². The average molecular weight is 295 g/mol. The summed E-state index contributed by atoms with van der Waals surface area (Å²) in [5.41, 5.74) is 8.10. The van der Waals surface area contributed by atoms with Crippen molar-refractivity contribution < 1.29 is 14.3 Å². The summed E-state index contributed by atoms with van der Waals surface area (Å²) in [5, 5.41) is 2.62. The fraction of sp³-hybridized carbons (Fsp3) is 0.533. The highest BCUT2D eigenvalue weighted by Gasteiger charge is 2.18. The van der Waals surface area contributed by atoms with Crippen LogP contribution in [0.25, 0.3) is 0 Å². The topological polar surface area (TPSA) is 76.8 Å². The summed E-state index contributed by atoms with van der Waals surface area (Å²) in [7, 11) is 4.92. The van der Waals surface area contributed by atoms with E-state index < -0.39 is 0 Å². The number of anilines is 2. The Morgan fingerprint density at radius 1 is 1.38 bits per heavy atom. The van der Waals surface area contributed by atoms with Gasteiger partial charge in [0, 0.05) is 39.4 Å². The van der Waals surface area contributed by atoms with Crippen molar-refractivity contribution in [3.8, 4) is 0 Å². The standard InChI is InChI=1S/C15H25N3O3/c1-11(10-21-4)18(7-8-20-3)14-9-12(15(19)17-2)5-6-13(14)16/h5-6,9,11H,7-8,10,16H2,1-4H3,(H,17,19). The van der Waals surface area contributed by atoms with Crippen LogP contribution in [0.1, 0.15) is 17.3 Å². The highest BCUT2D eigenvalue weighted by atomic mass is 16.5. The molecule has 0 fully saturated rings. The molecule has 0 spiro atoms. The van der Waals surface area contributed by atoms with E-state index in [4.69, 9.17) is 15.2 Å². The molecule has 0 bridgehead atoms. The Labute approximate surface area is 126 Å². The summed E-state index contributed by atoms with van der Waals surface area (Å²) in [5.74, 6) is -0.137. The van der Waals surface area contributed by atoms with Crippen LogP contribution in [-0.2, 0) is 9.47 Å². The molecule has 0 aliphatic heterocycles. The van der Waals surface area contributed by atoms with Crippen LogP contribution in [0.15, 0.2) is 18.2 Å². The Balaban J connectivity index is 3.12. The molecule has 0 saturated heterocycles. The molecular formula is C15H25N3O3. The number of nitrogen functional groups attached to an aromatic ring is 1. The van der Waals surface area contributed by atoms with Gasteiger partial charge in [0.05, 0.1) is 24.6 Å². The molecule has 0 saturated carbocycles. The first kappa shape index (κ1) is 17.3. The largest absolute Gasteiger partial charge is 0.397 e. The number of hydrogen-bond donors (Lipinski definition) is 2. The molecule has 1 rings (SSSR count). The first-order chi connectivity index (χ1) is 10.0. The van der Waals surface area contributed by atoms with E-state index in [9.17, 15) is 4.79 Å². The van der Waals surface area contributed by atoms with E-state index in [2.05, 4.69) is 10.2 Å². The van der Waals surface area contributed by atoms with Crippen LogP contribution in [0.4, 0.5) is 11.4 Å². The number of ether oxygens (including phenoxy) is 2. The minimum Gasteiger partial charge on any atom is -0.397 e. The SMILES string of the molecule is CNC(=O)c1ccc(N)c(N(CCOC)C(C)COC)c1. The molecule has 0 heterocycles. The number of carbonyl (C=O) groups excluding carboxylic acids is 1. The van der Waals surface area contributed by atoms with Gasteiger partial charge in [-0.2, -0.15) is 0 Å². The maximum Gasteiger partial charge on any atom is 0.251 e. The van der Waals surface area contributed by atoms with Gasteiger partial charge in [0.1, 0.15) is 0 Å². The third kappa shape index (κ3) is 4.61. The Hall–Kier alpha value is -1.79. The van der Waals surface area contributed by atoms with Gasteiger partial charge in [-0.3, -0.25) is 4.79 Å². The molecule has 0 radical (unpaired) electrons. The lowest BCUT2D eigenvalue weighted by Gasteiger charge is -2.32. The zero-order chi connectivity index (χ0) is 15.8. The summed E-state index contributed by atoms with van der Waals surface area (Å²) in [6, 6.07) is 5.38. The lowest BCUT2D eigenvalue weighted by atomic mass is 10.1. The van der Waals surface area contributed by atoms with Crippen molar-refractivity contribution >= 4 is 17.3 Å². The lowest BCUT2D eigenvalue weighted by molar-refractivity contribution is 0.0963. The predicted molar refractivity (Wildman–Crippen MR) is 84.8 cm³/mol. The van der Waals surface area contributed by atoms with Crippen molar-refractivity contribution in [3.63, 3.8) is 0 Å². The van der Waals surface area contributed by atoms with E-state index in [1.54, 1.807) is 39.5 Å². The van der Waals surface area contributed by atoms with E-state index in [1.807, 2.05) is 6.92 Å². The van der Waals surface area contributed by atoms with Gasteiger partial charge in [0.15, 0.2) is 0 Å². The summed E-state index contributed by atoms with van der Waals surface area (Å²) >= 11 is 0. The Bertz CT molecular complexity index is 465. The number of carbonyl (C=O) groups is 1. The third-order valence-electron chi connectivity index (χ3n) is 3.31. The summed E-state index contributed by atoms with van der Waals surface area (Å²) in [4.78, 5) is 13.9. The molecule has 1 aromatic carbocycles. The summed E-state index contributed by atoms with van der Waals surface area (Å²) in [6.45, 7) is 3.85. The van der Waals surface area contributed by atoms with Crippen molar-refractivity contribution in [1.29, 1.82) is 0 Å². The average Bonchev–Trinajstić information content (AvgIpc) is 2.48. The highest BCUT2D eigenvalue weighted by Crippen LogP contribution is 2.26. The second-order valence-corrected chi connectivity index (χ2v) is 4.84. The van der Waals surface area contributed by atoms with Gasteiger partial charge in [-0.05, 0) is 25.1 Å². The van der Waals surface area contributed by atoms with Crippen molar-refractivity contribution in [3.05, 3.63) is 23.8 Å². The first-order valence-corrected chi connectivity index (χ1v) is 6.91. The number of hydrogen-bond acceptors (Lipinski definition) is 5. The van der Waals surface area contributed by atoms with E-state index in [0.29, 0.717) is 31.0 Å². The lowest BCUT2D eigenvalue weighted by Crippen LogP contribution is -2.39. The molecule has 1 unspecified atom stereocenters. The quantitative estimate of drug-likeness (QED) is 0.703. The number of amides is 1. The molecule has 1 atom stereocenters. The zero-order valence-electron chi connectivity index (χ0n) is 13.2. The second kappa shape index (κ2) is 8.49. The number of nitrogens with one attached hydrogen (secondary N) is 1. The minimum atomic E-state index is -0.137. The maximum absolute atomic E-state index is 11.8. The van der Waals surface area contributed by atoms with Gasteiger partial charge >= 0.3 is 0 Å². The molecular weight excluding hydrogens is 270 g/mol. The van der Waals surface area contributed by atoms with Crippen LogP contribution in [0.3, 0.4) is 0 Å². The van der Waals surface area contributed by atoms with Crippen LogP contribution < -0.4 is 16.0 Å². The van der Waals surface area contributed by atoms with Crippen LogP contribution >= 0.6 is 0 Å².